The van der Waals surface area contributed by atoms with Crippen LogP contribution in [0.25, 0.3) is 22.0 Å². The van der Waals surface area contributed by atoms with Crippen LogP contribution in [0.15, 0.2) is 42.6 Å². The molecule has 0 spiro atoms. The van der Waals surface area contributed by atoms with Crippen LogP contribution in [0.4, 0.5) is 5.82 Å². The molecule has 2 aromatic carbocycles. The Morgan fingerprint density at radius 2 is 1.89 bits per heavy atom. The van der Waals surface area contributed by atoms with Gasteiger partial charge in [0.1, 0.15) is 17.3 Å². The fourth-order valence-corrected chi connectivity index (χ4v) is 5.15. The number of ether oxygens (including phenoxy) is 1. The molecule has 3 N–H and O–H groups in total. The molecule has 9 heteroatoms. The van der Waals surface area contributed by atoms with Gasteiger partial charge in [-0.05, 0) is 69.4 Å². The van der Waals surface area contributed by atoms with E-state index < -0.39 is 0 Å². The number of fused-ring (bicyclic) bond motifs is 1. The van der Waals surface area contributed by atoms with Crippen molar-refractivity contribution < 1.29 is 9.53 Å². The molecule has 5 aromatic rings. The number of carbonyl (C=O) groups is 1. The number of amides is 1. The van der Waals surface area contributed by atoms with Crippen LogP contribution in [-0.4, -0.2) is 37.5 Å². The smallest absolute Gasteiger partial charge is 0.273 e. The summed E-state index contributed by atoms with van der Waals surface area (Å²) in [6, 6.07) is 11.8. The first-order valence-electron chi connectivity index (χ1n) is 12.6. The number of para-hydroxylation sites is 1. The summed E-state index contributed by atoms with van der Waals surface area (Å²) in [6.45, 7) is 8.52. The minimum absolute atomic E-state index is 0.226. The molecule has 0 radical (unpaired) electrons. The van der Waals surface area contributed by atoms with E-state index in [9.17, 15) is 4.79 Å². The van der Waals surface area contributed by atoms with E-state index in [0.29, 0.717) is 24.5 Å². The van der Waals surface area contributed by atoms with Gasteiger partial charge in [-0.2, -0.15) is 10.2 Å². The molecule has 3 aromatic heterocycles. The van der Waals surface area contributed by atoms with Crippen LogP contribution in [-0.2, 0) is 13.5 Å². The molecule has 8 nitrogen and oxygen atoms in total. The van der Waals surface area contributed by atoms with E-state index in [1.165, 1.54) is 0 Å². The molecular weight excluding hydrogens is 500 g/mol. The molecule has 0 aliphatic rings. The summed E-state index contributed by atoms with van der Waals surface area (Å²) in [5.74, 6) is 1.11. The van der Waals surface area contributed by atoms with Gasteiger partial charge in [-0.15, -0.1) is 0 Å². The predicted molar refractivity (Wildman–Crippen MR) is 151 cm³/mol. The highest BCUT2D eigenvalue weighted by Gasteiger charge is 2.22. The Labute approximate surface area is 226 Å². The van der Waals surface area contributed by atoms with Gasteiger partial charge in [-0.1, -0.05) is 29.8 Å². The van der Waals surface area contributed by atoms with E-state index in [2.05, 4.69) is 44.7 Å². The monoisotopic (exact) mass is 530 g/mol. The van der Waals surface area contributed by atoms with Gasteiger partial charge in [-0.25, -0.2) is 0 Å². The van der Waals surface area contributed by atoms with Crippen molar-refractivity contribution in [2.75, 3.05) is 11.9 Å². The summed E-state index contributed by atoms with van der Waals surface area (Å²) in [7, 11) is 1.94. The van der Waals surface area contributed by atoms with E-state index in [1.807, 2.05) is 50.7 Å². The van der Waals surface area contributed by atoms with E-state index in [-0.39, 0.29) is 5.91 Å². The van der Waals surface area contributed by atoms with Crippen LogP contribution >= 0.6 is 11.6 Å². The van der Waals surface area contributed by atoms with Crippen molar-refractivity contribution in [3.63, 3.8) is 0 Å². The van der Waals surface area contributed by atoms with Crippen LogP contribution in [0.1, 0.15) is 45.0 Å². The molecule has 0 aliphatic carbocycles. The van der Waals surface area contributed by atoms with Crippen LogP contribution in [0.5, 0.6) is 5.75 Å². The first-order valence-corrected chi connectivity index (χ1v) is 13.0. The van der Waals surface area contributed by atoms with Crippen molar-refractivity contribution in [3.8, 4) is 16.9 Å². The molecule has 5 rings (SSSR count). The largest absolute Gasteiger partial charge is 0.494 e. The molecule has 3 heterocycles. The Bertz CT molecular complexity index is 1610. The van der Waals surface area contributed by atoms with Crippen molar-refractivity contribution in [1.29, 1.82) is 0 Å². The van der Waals surface area contributed by atoms with Gasteiger partial charge >= 0.3 is 0 Å². The number of aromatic amines is 2. The average molecular weight is 531 g/mol. The number of halogens is 1. The number of carbonyl (C=O) groups excluding carboxylic acids is 1. The first kappa shape index (κ1) is 25.6. The van der Waals surface area contributed by atoms with Gasteiger partial charge in [0.2, 0.25) is 0 Å². The maximum Gasteiger partial charge on any atom is 0.273 e. The zero-order valence-corrected chi connectivity index (χ0v) is 23.0. The van der Waals surface area contributed by atoms with Crippen LogP contribution in [0.3, 0.4) is 0 Å². The van der Waals surface area contributed by atoms with Crippen LogP contribution in [0.2, 0.25) is 5.02 Å². The maximum absolute atomic E-state index is 13.4. The third-order valence-corrected chi connectivity index (χ3v) is 7.54. The van der Waals surface area contributed by atoms with Crippen molar-refractivity contribution >= 4 is 34.2 Å². The fourth-order valence-electron chi connectivity index (χ4n) is 5.04. The highest BCUT2D eigenvalue weighted by atomic mass is 35.5. The minimum atomic E-state index is -0.226. The molecule has 0 saturated carbocycles. The van der Waals surface area contributed by atoms with Gasteiger partial charge in [0.15, 0.2) is 0 Å². The molecule has 0 atom stereocenters. The standard InChI is InChI=1S/C29H31ClN6O2/c1-16-14-20(15-17(2)26(16)30)38-13-7-10-22-21-8-6-9-23(25-18(3)35-36(5)19(25)4)27(21)33-28(22)29(37)32-24-11-12-31-34-24/h6,8-9,11-12,14-15,33H,7,10,13H2,1-5H3,(H2,31,32,34,37). The number of nitrogens with one attached hydrogen (secondary N) is 3. The maximum atomic E-state index is 13.4. The number of aromatic nitrogens is 5. The lowest BCUT2D eigenvalue weighted by Gasteiger charge is -2.10. The number of H-pyrrole nitrogens is 2. The van der Waals surface area contributed by atoms with Gasteiger partial charge in [0.25, 0.3) is 5.91 Å². The number of nitrogens with zero attached hydrogens (tertiary/aromatic N) is 3. The lowest BCUT2D eigenvalue weighted by atomic mass is 9.98. The van der Waals surface area contributed by atoms with E-state index in [4.69, 9.17) is 16.3 Å². The molecular formula is C29H31ClN6O2. The Morgan fingerprint density at radius 3 is 2.55 bits per heavy atom. The normalized spacial score (nSPS) is 11.3. The first-order chi connectivity index (χ1) is 18.2. The molecule has 0 fully saturated rings. The quantitative estimate of drug-likeness (QED) is 0.201. The molecule has 0 unspecified atom stereocenters. The molecule has 38 heavy (non-hydrogen) atoms. The second-order valence-electron chi connectivity index (χ2n) is 9.62. The van der Waals surface area contributed by atoms with Gasteiger partial charge in [-0.3, -0.25) is 14.6 Å². The molecule has 0 aliphatic heterocycles. The average Bonchev–Trinajstić information content (AvgIpc) is 3.58. The third-order valence-electron chi connectivity index (χ3n) is 6.95. The van der Waals surface area contributed by atoms with Crippen LogP contribution in [0, 0.1) is 27.7 Å². The minimum Gasteiger partial charge on any atom is -0.494 e. The second-order valence-corrected chi connectivity index (χ2v) is 10.0. The SMILES string of the molecule is Cc1cc(OCCCc2c(C(=O)Nc3ccn[nH]3)[nH]c3c(-c4c(C)nn(C)c4C)cccc23)cc(C)c1Cl. The summed E-state index contributed by atoms with van der Waals surface area (Å²) in [5.41, 5.74) is 8.48. The van der Waals surface area contributed by atoms with Crippen molar-refractivity contribution in [1.82, 2.24) is 25.0 Å². The second kappa shape index (κ2) is 10.4. The van der Waals surface area contributed by atoms with Crippen molar-refractivity contribution in [3.05, 3.63) is 81.4 Å². The number of benzene rings is 2. The number of anilines is 1. The number of rotatable bonds is 8. The molecule has 0 saturated heterocycles. The Balaban J connectivity index is 1.48. The Hall–Kier alpha value is -4.04. The lowest BCUT2D eigenvalue weighted by molar-refractivity contribution is 0.102. The molecule has 0 bridgehead atoms. The van der Waals surface area contributed by atoms with Crippen molar-refractivity contribution in [2.24, 2.45) is 7.05 Å². The Kier molecular flexibility index (Phi) is 6.99. The number of aryl methyl sites for hydroxylation is 5. The number of hydrogen-bond acceptors (Lipinski definition) is 4. The van der Waals surface area contributed by atoms with E-state index in [1.54, 1.807) is 12.3 Å². The van der Waals surface area contributed by atoms with E-state index in [0.717, 1.165) is 67.3 Å². The topological polar surface area (TPSA) is 101 Å². The fraction of sp³-hybridized carbons (Fsp3) is 0.276. The molecule has 1 amide bonds. The van der Waals surface area contributed by atoms with Gasteiger partial charge in [0.05, 0.1) is 24.0 Å². The van der Waals surface area contributed by atoms with E-state index >= 15 is 0 Å². The predicted octanol–water partition coefficient (Wildman–Crippen LogP) is 6.44. The summed E-state index contributed by atoms with van der Waals surface area (Å²) in [6.07, 6.45) is 2.99. The zero-order chi connectivity index (χ0) is 27.0. The summed E-state index contributed by atoms with van der Waals surface area (Å²) in [4.78, 5) is 16.8. The Morgan fingerprint density at radius 1 is 1.13 bits per heavy atom. The summed E-state index contributed by atoms with van der Waals surface area (Å²) >= 11 is 6.30. The van der Waals surface area contributed by atoms with Gasteiger partial charge < -0.3 is 15.0 Å². The summed E-state index contributed by atoms with van der Waals surface area (Å²) in [5, 5.41) is 16.0. The third kappa shape index (κ3) is 4.79. The van der Waals surface area contributed by atoms with Gasteiger partial charge in [0, 0.05) is 40.3 Å². The molecule has 196 valence electrons. The lowest BCUT2D eigenvalue weighted by Crippen LogP contribution is -2.15. The zero-order valence-electron chi connectivity index (χ0n) is 22.2. The van der Waals surface area contributed by atoms with Crippen molar-refractivity contribution in [2.45, 2.75) is 40.5 Å². The highest BCUT2D eigenvalue weighted by molar-refractivity contribution is 6.32. The number of hydrogen-bond donors (Lipinski definition) is 3. The summed E-state index contributed by atoms with van der Waals surface area (Å²) < 4.78 is 7.94. The van der Waals surface area contributed by atoms with Crippen LogP contribution < -0.4 is 10.1 Å². The highest BCUT2D eigenvalue weighted by Crippen LogP contribution is 2.36.